The van der Waals surface area contributed by atoms with E-state index >= 15 is 0 Å². The summed E-state index contributed by atoms with van der Waals surface area (Å²) in [6.07, 6.45) is 1.91. The second-order valence-electron chi connectivity index (χ2n) is 6.82. The molecule has 2 aromatic carbocycles. The number of aryl methyl sites for hydroxylation is 1. The number of hydrogen-bond donors (Lipinski definition) is 1. The molecule has 1 N–H and O–H groups in total. The topological polar surface area (TPSA) is 66.5 Å². The van der Waals surface area contributed by atoms with E-state index in [9.17, 15) is 22.0 Å². The largest absolute Gasteiger partial charge is 0.312 e. The number of carbonyl (C=O) groups excluding carboxylic acids is 1. The number of carbonyl (C=O) groups is 1. The molecule has 5 nitrogen and oxygen atoms in total. The van der Waals surface area contributed by atoms with E-state index in [1.54, 1.807) is 11.0 Å². The SMILES string of the molecule is CCCN1C(=O)CCc2cc(CNS(=O)(=O)Cc3ccc(F)cc3F)ccc21. The summed E-state index contributed by atoms with van der Waals surface area (Å²) in [5, 5.41) is 0. The van der Waals surface area contributed by atoms with Crippen molar-refractivity contribution in [1.29, 1.82) is 0 Å². The van der Waals surface area contributed by atoms with Crippen molar-refractivity contribution in [2.45, 2.75) is 38.5 Å². The van der Waals surface area contributed by atoms with Gasteiger partial charge in [-0.1, -0.05) is 25.1 Å². The number of halogens is 2. The zero-order valence-electron chi connectivity index (χ0n) is 15.5. The molecular weight excluding hydrogens is 386 g/mol. The molecule has 1 heterocycles. The molecular formula is C20H22F2N2O3S. The third-order valence-corrected chi connectivity index (χ3v) is 5.92. The van der Waals surface area contributed by atoms with Crippen molar-refractivity contribution >= 4 is 21.6 Å². The molecule has 0 atom stereocenters. The summed E-state index contributed by atoms with van der Waals surface area (Å²) >= 11 is 0. The van der Waals surface area contributed by atoms with Gasteiger partial charge in [0.1, 0.15) is 11.6 Å². The molecule has 0 bridgehead atoms. The minimum Gasteiger partial charge on any atom is -0.312 e. The van der Waals surface area contributed by atoms with Crippen LogP contribution in [0.3, 0.4) is 0 Å². The van der Waals surface area contributed by atoms with Crippen LogP contribution in [0.4, 0.5) is 14.5 Å². The quantitative estimate of drug-likeness (QED) is 0.765. The van der Waals surface area contributed by atoms with E-state index in [0.717, 1.165) is 35.4 Å². The van der Waals surface area contributed by atoms with Crippen LogP contribution in [0.1, 0.15) is 36.5 Å². The van der Waals surface area contributed by atoms with E-state index in [2.05, 4.69) is 4.72 Å². The molecule has 1 aliphatic heterocycles. The maximum Gasteiger partial charge on any atom is 0.227 e. The molecule has 28 heavy (non-hydrogen) atoms. The first-order chi connectivity index (χ1) is 13.3. The highest BCUT2D eigenvalue weighted by atomic mass is 32.2. The number of sulfonamides is 1. The Morgan fingerprint density at radius 3 is 2.61 bits per heavy atom. The van der Waals surface area contributed by atoms with Gasteiger partial charge in [-0.2, -0.15) is 0 Å². The molecule has 3 rings (SSSR count). The minimum atomic E-state index is -3.79. The number of rotatable bonds is 7. The van der Waals surface area contributed by atoms with Crippen molar-refractivity contribution < 1.29 is 22.0 Å². The number of benzene rings is 2. The monoisotopic (exact) mass is 408 g/mol. The summed E-state index contributed by atoms with van der Waals surface area (Å²) in [4.78, 5) is 13.9. The average Bonchev–Trinajstić information content (AvgIpc) is 2.65. The molecule has 2 aromatic rings. The fourth-order valence-corrected chi connectivity index (χ4v) is 4.41. The fraction of sp³-hybridized carbons (Fsp3) is 0.350. The van der Waals surface area contributed by atoms with E-state index in [0.29, 0.717) is 25.5 Å². The van der Waals surface area contributed by atoms with Gasteiger partial charge in [-0.25, -0.2) is 21.9 Å². The second kappa shape index (κ2) is 8.36. The lowest BCUT2D eigenvalue weighted by Gasteiger charge is -2.29. The van der Waals surface area contributed by atoms with E-state index in [1.165, 1.54) is 0 Å². The Hall–Kier alpha value is -2.32. The van der Waals surface area contributed by atoms with E-state index in [-0.39, 0.29) is 18.0 Å². The van der Waals surface area contributed by atoms with Crippen LogP contribution in [0, 0.1) is 11.6 Å². The van der Waals surface area contributed by atoms with Gasteiger partial charge in [0.25, 0.3) is 0 Å². The lowest BCUT2D eigenvalue weighted by molar-refractivity contribution is -0.118. The van der Waals surface area contributed by atoms with Gasteiger partial charge in [-0.15, -0.1) is 0 Å². The minimum absolute atomic E-state index is 0.0557. The molecule has 0 fully saturated rings. The average molecular weight is 408 g/mol. The van der Waals surface area contributed by atoms with Crippen molar-refractivity contribution in [3.63, 3.8) is 0 Å². The molecule has 0 radical (unpaired) electrons. The van der Waals surface area contributed by atoms with Crippen LogP contribution in [0.5, 0.6) is 0 Å². The van der Waals surface area contributed by atoms with Gasteiger partial charge in [0.15, 0.2) is 0 Å². The van der Waals surface area contributed by atoms with Crippen molar-refractivity contribution in [3.8, 4) is 0 Å². The third kappa shape index (κ3) is 4.74. The summed E-state index contributed by atoms with van der Waals surface area (Å²) in [6, 6.07) is 8.33. The van der Waals surface area contributed by atoms with E-state index < -0.39 is 27.4 Å². The lowest BCUT2D eigenvalue weighted by Crippen LogP contribution is -2.35. The Morgan fingerprint density at radius 2 is 1.89 bits per heavy atom. The number of fused-ring (bicyclic) bond motifs is 1. The Bertz CT molecular complexity index is 993. The smallest absolute Gasteiger partial charge is 0.227 e. The molecule has 0 aromatic heterocycles. The van der Waals surface area contributed by atoms with Crippen molar-refractivity contribution in [1.82, 2.24) is 4.72 Å². The van der Waals surface area contributed by atoms with Gasteiger partial charge < -0.3 is 4.90 Å². The summed E-state index contributed by atoms with van der Waals surface area (Å²) in [7, 11) is -3.79. The van der Waals surface area contributed by atoms with Crippen LogP contribution in [-0.4, -0.2) is 20.9 Å². The summed E-state index contributed by atoms with van der Waals surface area (Å²) in [6.45, 7) is 2.72. The highest BCUT2D eigenvalue weighted by molar-refractivity contribution is 7.88. The second-order valence-corrected chi connectivity index (χ2v) is 8.63. The molecule has 1 amide bonds. The number of hydrogen-bond acceptors (Lipinski definition) is 3. The third-order valence-electron chi connectivity index (χ3n) is 4.65. The molecule has 1 aliphatic rings. The summed E-state index contributed by atoms with van der Waals surface area (Å²) in [5.41, 5.74) is 2.55. The van der Waals surface area contributed by atoms with Crippen LogP contribution in [0.25, 0.3) is 0 Å². The Labute approximate surface area is 163 Å². The molecule has 0 spiro atoms. The maximum atomic E-state index is 13.7. The first kappa shape index (κ1) is 20.4. The van der Waals surface area contributed by atoms with Crippen LogP contribution in [0.15, 0.2) is 36.4 Å². The van der Waals surface area contributed by atoms with E-state index in [4.69, 9.17) is 0 Å². The van der Waals surface area contributed by atoms with Gasteiger partial charge in [-0.05, 0) is 36.1 Å². The summed E-state index contributed by atoms with van der Waals surface area (Å²) in [5.74, 6) is -2.11. The maximum absolute atomic E-state index is 13.7. The van der Waals surface area contributed by atoms with Gasteiger partial charge in [0.2, 0.25) is 15.9 Å². The Kier molecular flexibility index (Phi) is 6.10. The number of amides is 1. The van der Waals surface area contributed by atoms with Crippen LogP contribution in [0.2, 0.25) is 0 Å². The van der Waals surface area contributed by atoms with Gasteiger partial charge in [0, 0.05) is 36.8 Å². The zero-order valence-corrected chi connectivity index (χ0v) is 16.4. The molecule has 8 heteroatoms. The fourth-order valence-electron chi connectivity index (χ4n) is 3.28. The van der Waals surface area contributed by atoms with Gasteiger partial charge in [0.05, 0.1) is 5.75 Å². The highest BCUT2D eigenvalue weighted by Crippen LogP contribution is 2.29. The predicted molar refractivity (Wildman–Crippen MR) is 103 cm³/mol. The molecule has 0 aliphatic carbocycles. The summed E-state index contributed by atoms with van der Waals surface area (Å²) < 4.78 is 53.6. The Morgan fingerprint density at radius 1 is 1.11 bits per heavy atom. The molecule has 150 valence electrons. The van der Waals surface area contributed by atoms with E-state index in [1.807, 2.05) is 19.1 Å². The number of anilines is 1. The molecule has 0 unspecified atom stereocenters. The van der Waals surface area contributed by atoms with Crippen LogP contribution < -0.4 is 9.62 Å². The standard InChI is InChI=1S/C20H22F2N2O3S/c1-2-9-24-19-7-3-14(10-15(19)5-8-20(24)25)12-23-28(26,27)13-16-4-6-17(21)11-18(16)22/h3-4,6-7,10-11,23H,2,5,8-9,12-13H2,1H3. The molecule has 0 saturated carbocycles. The van der Waals surface area contributed by atoms with Crippen molar-refractivity contribution in [3.05, 3.63) is 64.7 Å². The normalized spacial score (nSPS) is 14.2. The van der Waals surface area contributed by atoms with Crippen LogP contribution in [-0.2, 0) is 33.5 Å². The molecule has 0 saturated heterocycles. The first-order valence-corrected chi connectivity index (χ1v) is 10.8. The number of nitrogens with one attached hydrogen (secondary N) is 1. The number of nitrogens with zero attached hydrogens (tertiary/aromatic N) is 1. The predicted octanol–water partition coefficient (Wildman–Crippen LogP) is 3.27. The highest BCUT2D eigenvalue weighted by Gasteiger charge is 2.23. The zero-order chi connectivity index (χ0) is 20.3. The lowest BCUT2D eigenvalue weighted by atomic mass is 9.98. The first-order valence-electron chi connectivity index (χ1n) is 9.12. The Balaban J connectivity index is 1.70. The van der Waals surface area contributed by atoms with Gasteiger partial charge >= 0.3 is 0 Å². The van der Waals surface area contributed by atoms with Crippen molar-refractivity contribution in [2.24, 2.45) is 0 Å². The van der Waals surface area contributed by atoms with Crippen LogP contribution >= 0.6 is 0 Å². The van der Waals surface area contributed by atoms with Gasteiger partial charge in [-0.3, -0.25) is 4.79 Å². The van der Waals surface area contributed by atoms with Crippen molar-refractivity contribution in [2.75, 3.05) is 11.4 Å².